The Morgan fingerprint density at radius 3 is 2.71 bits per heavy atom. The van der Waals surface area contributed by atoms with E-state index in [0.29, 0.717) is 0 Å². The van der Waals surface area contributed by atoms with Gasteiger partial charge < -0.3 is 9.52 Å². The van der Waals surface area contributed by atoms with Crippen LogP contribution in [0.4, 0.5) is 10.1 Å². The molecule has 0 aliphatic carbocycles. The molecule has 21 heavy (non-hydrogen) atoms. The zero-order valence-corrected chi connectivity index (χ0v) is 10.5. The Hall–Kier alpha value is -2.96. The fourth-order valence-electron chi connectivity index (χ4n) is 2.16. The Kier molecular flexibility index (Phi) is 2.83. The van der Waals surface area contributed by atoms with Crippen molar-refractivity contribution in [2.75, 3.05) is 4.90 Å². The van der Waals surface area contributed by atoms with Gasteiger partial charge in [0.15, 0.2) is 0 Å². The van der Waals surface area contributed by atoms with Crippen LogP contribution in [0.1, 0.15) is 26.5 Å². The van der Waals surface area contributed by atoms with Gasteiger partial charge in [-0.2, -0.15) is 0 Å². The molecule has 2 aromatic rings. The van der Waals surface area contributed by atoms with E-state index >= 15 is 0 Å². The van der Waals surface area contributed by atoms with E-state index in [1.807, 2.05) is 0 Å². The third kappa shape index (κ3) is 2.08. The van der Waals surface area contributed by atoms with E-state index in [1.165, 1.54) is 12.1 Å². The number of hydrogen-bond acceptors (Lipinski definition) is 4. The molecule has 0 unspecified atom stereocenters. The number of halogens is 1. The number of hydrogen-bond donors (Lipinski definition) is 1. The van der Waals surface area contributed by atoms with Crippen molar-refractivity contribution in [1.82, 2.24) is 0 Å². The highest BCUT2D eigenvalue weighted by molar-refractivity contribution is 6.52. The lowest BCUT2D eigenvalue weighted by atomic mass is 10.1. The van der Waals surface area contributed by atoms with Crippen molar-refractivity contribution in [3.05, 3.63) is 53.2 Å². The van der Waals surface area contributed by atoms with Gasteiger partial charge in [-0.05, 0) is 24.3 Å². The Labute approximate surface area is 117 Å². The monoisotopic (exact) mass is 289 g/mol. The van der Waals surface area contributed by atoms with E-state index in [1.54, 1.807) is 0 Å². The quantitative estimate of drug-likeness (QED) is 0.871. The number of carbonyl (C=O) groups is 3. The van der Waals surface area contributed by atoms with Crippen LogP contribution in [0.25, 0.3) is 0 Å². The standard InChI is InChI=1S/C14H8FNO5/c15-8-1-2-11-10(4-8)12(17)13(18)16(11)5-9-3-7(6-21-9)14(19)20/h1-4,6H,5H2,(H,19,20). The fourth-order valence-corrected chi connectivity index (χ4v) is 2.16. The molecular weight excluding hydrogens is 281 g/mol. The molecule has 0 saturated carbocycles. The van der Waals surface area contributed by atoms with Gasteiger partial charge in [-0.3, -0.25) is 14.5 Å². The van der Waals surface area contributed by atoms with Gasteiger partial charge in [0.05, 0.1) is 23.4 Å². The molecule has 1 aromatic heterocycles. The average Bonchev–Trinajstić information content (AvgIpc) is 2.99. The number of Topliss-reactive ketones (excluding diaryl/α,β-unsaturated/α-hetero) is 1. The van der Waals surface area contributed by atoms with E-state index < -0.39 is 23.5 Å². The van der Waals surface area contributed by atoms with E-state index in [-0.39, 0.29) is 29.1 Å². The molecule has 106 valence electrons. The van der Waals surface area contributed by atoms with E-state index in [0.717, 1.165) is 23.3 Å². The minimum Gasteiger partial charge on any atom is -0.478 e. The normalized spacial score (nSPS) is 13.7. The first-order chi connectivity index (χ1) is 9.97. The van der Waals surface area contributed by atoms with Gasteiger partial charge >= 0.3 is 5.97 Å². The molecule has 0 atom stereocenters. The predicted octanol–water partition coefficient (Wildman–Crippen LogP) is 1.85. The number of carboxylic acids is 1. The molecule has 1 amide bonds. The molecule has 2 heterocycles. The van der Waals surface area contributed by atoms with Crippen LogP contribution in [-0.2, 0) is 11.3 Å². The van der Waals surface area contributed by atoms with Crippen LogP contribution in [0.2, 0.25) is 0 Å². The summed E-state index contributed by atoms with van der Waals surface area (Å²) in [6.45, 7) is -0.101. The Morgan fingerprint density at radius 1 is 1.29 bits per heavy atom. The Balaban J connectivity index is 1.94. The molecule has 1 aliphatic heterocycles. The van der Waals surface area contributed by atoms with Gasteiger partial charge in [0.25, 0.3) is 11.7 Å². The van der Waals surface area contributed by atoms with Crippen molar-refractivity contribution in [2.24, 2.45) is 0 Å². The highest BCUT2D eigenvalue weighted by atomic mass is 19.1. The van der Waals surface area contributed by atoms with Crippen LogP contribution < -0.4 is 4.90 Å². The summed E-state index contributed by atoms with van der Waals surface area (Å²) in [5.41, 5.74) is 0.215. The molecule has 1 aromatic carbocycles. The van der Waals surface area contributed by atoms with E-state index in [4.69, 9.17) is 9.52 Å². The number of carbonyl (C=O) groups excluding carboxylic acids is 2. The summed E-state index contributed by atoms with van der Waals surface area (Å²) in [6, 6.07) is 4.74. The fraction of sp³-hybridized carbons (Fsp3) is 0.0714. The number of aromatic carboxylic acids is 1. The summed E-state index contributed by atoms with van der Waals surface area (Å²) in [5, 5.41) is 8.81. The SMILES string of the molecule is O=C(O)c1coc(CN2C(=O)C(=O)c3cc(F)ccc32)c1. The number of nitrogens with zero attached hydrogens (tertiary/aromatic N) is 1. The minimum atomic E-state index is -1.16. The maximum atomic E-state index is 13.1. The van der Waals surface area contributed by atoms with E-state index in [9.17, 15) is 18.8 Å². The zero-order chi connectivity index (χ0) is 15.1. The summed E-state index contributed by atoms with van der Waals surface area (Å²) in [4.78, 5) is 35.6. The number of furan rings is 1. The molecular formula is C14H8FNO5. The second kappa shape index (κ2) is 4.55. The molecule has 1 N–H and O–H groups in total. The molecule has 0 bridgehead atoms. The summed E-state index contributed by atoms with van der Waals surface area (Å²) in [6.07, 6.45) is 1.05. The third-order valence-electron chi connectivity index (χ3n) is 3.15. The maximum absolute atomic E-state index is 13.1. The first-order valence-corrected chi connectivity index (χ1v) is 5.94. The second-order valence-corrected chi connectivity index (χ2v) is 4.49. The number of anilines is 1. The van der Waals surface area contributed by atoms with E-state index in [2.05, 4.69) is 0 Å². The Bertz CT molecular complexity index is 779. The highest BCUT2D eigenvalue weighted by Gasteiger charge is 2.36. The average molecular weight is 289 g/mol. The van der Waals surface area contributed by atoms with Crippen LogP contribution in [0.5, 0.6) is 0 Å². The van der Waals surface area contributed by atoms with Gasteiger partial charge in [-0.1, -0.05) is 0 Å². The van der Waals surface area contributed by atoms with Gasteiger partial charge in [-0.25, -0.2) is 9.18 Å². The first-order valence-electron chi connectivity index (χ1n) is 5.94. The molecule has 0 radical (unpaired) electrons. The van der Waals surface area contributed by atoms with Gasteiger partial charge in [0.1, 0.15) is 17.8 Å². The number of rotatable bonds is 3. The molecule has 0 saturated heterocycles. The van der Waals surface area contributed by atoms with Crippen LogP contribution >= 0.6 is 0 Å². The first kappa shape index (κ1) is 13.0. The van der Waals surface area contributed by atoms with Crippen molar-refractivity contribution in [3.8, 4) is 0 Å². The van der Waals surface area contributed by atoms with Crippen molar-refractivity contribution in [1.29, 1.82) is 0 Å². The number of carboxylic acid groups (broad SMARTS) is 1. The highest BCUT2D eigenvalue weighted by Crippen LogP contribution is 2.31. The smallest absolute Gasteiger partial charge is 0.338 e. The molecule has 0 fully saturated rings. The minimum absolute atomic E-state index is 0.00925. The summed E-state index contributed by atoms with van der Waals surface area (Å²) < 4.78 is 18.2. The molecule has 0 spiro atoms. The van der Waals surface area contributed by atoms with Crippen LogP contribution in [-0.4, -0.2) is 22.8 Å². The summed E-state index contributed by atoms with van der Waals surface area (Å²) in [7, 11) is 0. The Morgan fingerprint density at radius 2 is 2.05 bits per heavy atom. The number of fused-ring (bicyclic) bond motifs is 1. The van der Waals surface area contributed by atoms with Crippen LogP contribution in [0, 0.1) is 5.82 Å². The third-order valence-corrected chi connectivity index (χ3v) is 3.15. The lowest BCUT2D eigenvalue weighted by Crippen LogP contribution is -2.28. The van der Waals surface area contributed by atoms with Gasteiger partial charge in [0.2, 0.25) is 0 Å². The topological polar surface area (TPSA) is 87.8 Å². The van der Waals surface area contributed by atoms with Crippen molar-refractivity contribution >= 4 is 23.3 Å². The van der Waals surface area contributed by atoms with Gasteiger partial charge in [0, 0.05) is 0 Å². The van der Waals surface area contributed by atoms with Crippen molar-refractivity contribution < 1.29 is 28.3 Å². The summed E-state index contributed by atoms with van der Waals surface area (Å²) >= 11 is 0. The lowest BCUT2D eigenvalue weighted by molar-refractivity contribution is -0.114. The van der Waals surface area contributed by atoms with Crippen molar-refractivity contribution in [3.63, 3.8) is 0 Å². The summed E-state index contributed by atoms with van der Waals surface area (Å²) in [5.74, 6) is -3.15. The zero-order valence-electron chi connectivity index (χ0n) is 10.5. The van der Waals surface area contributed by atoms with Crippen LogP contribution in [0.15, 0.2) is 34.9 Å². The predicted molar refractivity (Wildman–Crippen MR) is 67.6 cm³/mol. The molecule has 1 aliphatic rings. The van der Waals surface area contributed by atoms with Crippen LogP contribution in [0.3, 0.4) is 0 Å². The second-order valence-electron chi connectivity index (χ2n) is 4.49. The molecule has 6 nitrogen and oxygen atoms in total. The number of ketones is 1. The maximum Gasteiger partial charge on any atom is 0.338 e. The molecule has 7 heteroatoms. The molecule has 3 rings (SSSR count). The largest absolute Gasteiger partial charge is 0.478 e. The number of amides is 1. The van der Waals surface area contributed by atoms with Gasteiger partial charge in [-0.15, -0.1) is 0 Å². The van der Waals surface area contributed by atoms with Crippen molar-refractivity contribution in [2.45, 2.75) is 6.54 Å². The number of benzene rings is 1. The lowest BCUT2D eigenvalue weighted by Gasteiger charge is -2.14.